The van der Waals surface area contributed by atoms with Gasteiger partial charge in [0.05, 0.1) is 5.75 Å². The van der Waals surface area contributed by atoms with Gasteiger partial charge in [0.15, 0.2) is 0 Å². The molecule has 1 unspecified atom stereocenters. The first kappa shape index (κ1) is 9.90. The molecule has 0 heterocycles. The Morgan fingerprint density at radius 2 is 2.10 bits per heavy atom. The van der Waals surface area contributed by atoms with Crippen LogP contribution >= 0.6 is 15.9 Å². The number of halogens is 1. The molecule has 10 heavy (non-hydrogen) atoms. The van der Waals surface area contributed by atoms with Gasteiger partial charge in [-0.05, 0) is 0 Å². The molecule has 0 fully saturated rings. The van der Waals surface area contributed by atoms with Crippen LogP contribution in [0.2, 0.25) is 0 Å². The second-order valence-corrected chi connectivity index (χ2v) is 5.25. The van der Waals surface area contributed by atoms with Gasteiger partial charge in [0.1, 0.15) is 14.7 Å². The van der Waals surface area contributed by atoms with Crippen LogP contribution in [0.4, 0.5) is 0 Å². The smallest absolute Gasteiger partial charge is 0.232 e. The van der Waals surface area contributed by atoms with Crippen LogP contribution in [0.15, 0.2) is 0 Å². The summed E-state index contributed by atoms with van der Waals surface area (Å²) in [4.78, 5) is 9.51. The quantitative estimate of drug-likeness (QED) is 0.650. The number of alkyl halides is 1. The molecule has 0 aliphatic heterocycles. The maximum atomic E-state index is 10.5. The number of primary amides is 1. The lowest BCUT2D eigenvalue weighted by atomic mass is 10.5. The minimum atomic E-state index is -3.12. The lowest BCUT2D eigenvalue weighted by Gasteiger charge is -2.01. The van der Waals surface area contributed by atoms with Crippen molar-refractivity contribution >= 4 is 31.7 Å². The maximum Gasteiger partial charge on any atom is 0.232 e. The van der Waals surface area contributed by atoms with Gasteiger partial charge >= 0.3 is 0 Å². The van der Waals surface area contributed by atoms with E-state index in [0.717, 1.165) is 6.26 Å². The maximum absolute atomic E-state index is 10.5. The summed E-state index contributed by atoms with van der Waals surface area (Å²) in [6.45, 7) is 0. The highest BCUT2D eigenvalue weighted by Gasteiger charge is 2.16. The predicted molar refractivity (Wildman–Crippen MR) is 41.6 cm³/mol. The summed E-state index contributed by atoms with van der Waals surface area (Å²) in [6.07, 6.45) is 1.05. The zero-order chi connectivity index (χ0) is 8.36. The largest absolute Gasteiger partial charge is 0.369 e. The molecular formula is C4H8BrNO3S. The fourth-order valence-electron chi connectivity index (χ4n) is 0.348. The summed E-state index contributed by atoms with van der Waals surface area (Å²) in [7, 11) is -3.12. The van der Waals surface area contributed by atoms with Gasteiger partial charge < -0.3 is 5.73 Å². The summed E-state index contributed by atoms with van der Waals surface area (Å²) in [6, 6.07) is 0. The van der Waals surface area contributed by atoms with E-state index in [2.05, 4.69) is 15.9 Å². The van der Waals surface area contributed by atoms with E-state index in [4.69, 9.17) is 5.73 Å². The van der Waals surface area contributed by atoms with Crippen molar-refractivity contribution in [3.63, 3.8) is 0 Å². The number of carbonyl (C=O) groups excluding carboxylic acids is 1. The Morgan fingerprint density at radius 3 is 2.20 bits per heavy atom. The van der Waals surface area contributed by atoms with Crippen LogP contribution in [0.3, 0.4) is 0 Å². The Hall–Kier alpha value is -0.100. The molecular weight excluding hydrogens is 222 g/mol. The molecule has 0 rings (SSSR count). The molecule has 0 aliphatic rings. The lowest BCUT2D eigenvalue weighted by molar-refractivity contribution is -0.117. The van der Waals surface area contributed by atoms with Crippen molar-refractivity contribution in [3.8, 4) is 0 Å². The van der Waals surface area contributed by atoms with Crippen LogP contribution in [0, 0.1) is 0 Å². The van der Waals surface area contributed by atoms with E-state index in [1.165, 1.54) is 0 Å². The summed E-state index contributed by atoms with van der Waals surface area (Å²) in [5.74, 6) is -0.909. The lowest BCUT2D eigenvalue weighted by Crippen LogP contribution is -2.29. The SMILES string of the molecule is CS(=O)(=O)CC(Br)C(N)=O. The van der Waals surface area contributed by atoms with Crippen molar-refractivity contribution in [2.24, 2.45) is 5.73 Å². The molecule has 0 spiro atoms. The number of carbonyl (C=O) groups is 1. The van der Waals surface area contributed by atoms with E-state index in [-0.39, 0.29) is 5.75 Å². The minimum absolute atomic E-state index is 0.248. The third-order valence-corrected chi connectivity index (χ3v) is 2.90. The van der Waals surface area contributed by atoms with Gasteiger partial charge in [-0.15, -0.1) is 0 Å². The Morgan fingerprint density at radius 1 is 1.70 bits per heavy atom. The van der Waals surface area contributed by atoms with E-state index in [1.807, 2.05) is 0 Å². The highest BCUT2D eigenvalue weighted by atomic mass is 79.9. The number of hydrogen-bond acceptors (Lipinski definition) is 3. The molecule has 0 saturated carbocycles. The predicted octanol–water partition coefficient (Wildman–Crippen LogP) is -0.720. The second-order valence-electron chi connectivity index (χ2n) is 1.96. The van der Waals surface area contributed by atoms with Crippen molar-refractivity contribution in [3.05, 3.63) is 0 Å². The number of sulfone groups is 1. The zero-order valence-corrected chi connectivity index (χ0v) is 7.78. The normalized spacial score (nSPS) is 14.6. The molecule has 0 bridgehead atoms. The molecule has 6 heteroatoms. The van der Waals surface area contributed by atoms with Crippen LogP contribution in [0.25, 0.3) is 0 Å². The van der Waals surface area contributed by atoms with Gasteiger partial charge in [-0.1, -0.05) is 15.9 Å². The summed E-state index contributed by atoms with van der Waals surface area (Å²) in [5, 5.41) is 0. The van der Waals surface area contributed by atoms with Crippen molar-refractivity contribution in [1.82, 2.24) is 0 Å². The molecule has 0 aliphatic carbocycles. The van der Waals surface area contributed by atoms with Gasteiger partial charge in [0.25, 0.3) is 0 Å². The average Bonchev–Trinajstić information content (AvgIpc) is 1.60. The first-order valence-electron chi connectivity index (χ1n) is 2.44. The molecule has 0 saturated heterocycles. The number of hydrogen-bond donors (Lipinski definition) is 1. The number of amides is 1. The van der Waals surface area contributed by atoms with Crippen molar-refractivity contribution in [2.75, 3.05) is 12.0 Å². The van der Waals surface area contributed by atoms with Crippen molar-refractivity contribution in [2.45, 2.75) is 4.83 Å². The molecule has 0 aromatic carbocycles. The monoisotopic (exact) mass is 229 g/mol. The van der Waals surface area contributed by atoms with Crippen LogP contribution in [-0.4, -0.2) is 31.2 Å². The van der Waals surface area contributed by atoms with Crippen LogP contribution < -0.4 is 5.73 Å². The zero-order valence-electron chi connectivity index (χ0n) is 5.37. The second kappa shape index (κ2) is 3.34. The molecule has 60 valence electrons. The molecule has 0 aromatic heterocycles. The fourth-order valence-corrected chi connectivity index (χ4v) is 2.48. The van der Waals surface area contributed by atoms with Crippen molar-refractivity contribution in [1.29, 1.82) is 0 Å². The van der Waals surface area contributed by atoms with E-state index in [9.17, 15) is 13.2 Å². The highest BCUT2D eigenvalue weighted by molar-refractivity contribution is 9.10. The molecule has 1 atom stereocenters. The van der Waals surface area contributed by atoms with E-state index >= 15 is 0 Å². The molecule has 2 N–H and O–H groups in total. The topological polar surface area (TPSA) is 77.2 Å². The van der Waals surface area contributed by atoms with Crippen molar-refractivity contribution < 1.29 is 13.2 Å². The third-order valence-electron chi connectivity index (χ3n) is 0.758. The van der Waals surface area contributed by atoms with E-state index < -0.39 is 20.6 Å². The van der Waals surface area contributed by atoms with E-state index in [1.54, 1.807) is 0 Å². The Labute approximate surface area is 67.8 Å². The highest BCUT2D eigenvalue weighted by Crippen LogP contribution is 2.01. The number of rotatable bonds is 3. The molecule has 0 aromatic rings. The Kier molecular flexibility index (Phi) is 3.30. The van der Waals surface area contributed by atoms with Gasteiger partial charge in [-0.3, -0.25) is 4.79 Å². The first-order chi connectivity index (χ1) is 4.33. The standard InChI is InChI=1S/C4H8BrNO3S/c1-10(8,9)2-3(5)4(6)7/h3H,2H2,1H3,(H2,6,7). The Balaban J connectivity index is 4.06. The molecule has 4 nitrogen and oxygen atoms in total. The van der Waals surface area contributed by atoms with E-state index in [0.29, 0.717) is 0 Å². The third kappa shape index (κ3) is 4.75. The van der Waals surface area contributed by atoms with Gasteiger partial charge in [-0.2, -0.15) is 0 Å². The molecule has 1 amide bonds. The summed E-state index contributed by atoms with van der Waals surface area (Å²) in [5.41, 5.74) is 4.79. The van der Waals surface area contributed by atoms with Crippen LogP contribution in [-0.2, 0) is 14.6 Å². The first-order valence-corrected chi connectivity index (χ1v) is 5.41. The van der Waals surface area contributed by atoms with Gasteiger partial charge in [-0.25, -0.2) is 8.42 Å². The van der Waals surface area contributed by atoms with Crippen LogP contribution in [0.1, 0.15) is 0 Å². The average molecular weight is 230 g/mol. The molecule has 0 radical (unpaired) electrons. The van der Waals surface area contributed by atoms with Crippen LogP contribution in [0.5, 0.6) is 0 Å². The minimum Gasteiger partial charge on any atom is -0.369 e. The summed E-state index contributed by atoms with van der Waals surface area (Å²) < 4.78 is 21.0. The van der Waals surface area contributed by atoms with Gasteiger partial charge in [0.2, 0.25) is 5.91 Å². The fraction of sp³-hybridized carbons (Fsp3) is 0.750. The van der Waals surface area contributed by atoms with Gasteiger partial charge in [0, 0.05) is 6.26 Å². The Bertz CT molecular complexity index is 223. The number of nitrogens with two attached hydrogens (primary N) is 1. The summed E-state index contributed by atoms with van der Waals surface area (Å²) >= 11 is 2.82.